The molecule has 1 aliphatic heterocycles. The van der Waals surface area contributed by atoms with Gasteiger partial charge in [0.1, 0.15) is 17.8 Å². The van der Waals surface area contributed by atoms with Crippen LogP contribution in [-0.4, -0.2) is 77.3 Å². The molecule has 0 spiro atoms. The number of benzene rings is 2. The molecule has 3 rings (SSSR count). The number of likely N-dealkylation sites (tertiary alicyclic amines) is 1. The molecule has 12 heteroatoms. The van der Waals surface area contributed by atoms with Gasteiger partial charge >= 0.3 is 0 Å². The first-order valence-electron chi connectivity index (χ1n) is 13.3. The van der Waals surface area contributed by atoms with E-state index in [4.69, 9.17) is 11.5 Å². The Bertz CT molecular complexity index is 1240. The Hall–Kier alpha value is -4.71. The summed E-state index contributed by atoms with van der Waals surface area (Å²) in [6.45, 7) is 0.0992. The first-order valence-corrected chi connectivity index (χ1v) is 13.3. The monoisotopic (exact) mass is 564 g/mol. The number of carbonyl (C=O) groups excluding carboxylic acids is 5. The largest absolute Gasteiger partial charge is 0.508 e. The summed E-state index contributed by atoms with van der Waals surface area (Å²) in [5.74, 6) is -2.02. The highest BCUT2D eigenvalue weighted by Crippen LogP contribution is 2.18. The summed E-state index contributed by atoms with van der Waals surface area (Å²) in [5, 5.41) is 17.4. The van der Waals surface area contributed by atoms with Crippen molar-refractivity contribution < 1.29 is 29.1 Å². The minimum atomic E-state index is -1.09. The highest BCUT2D eigenvalue weighted by Gasteiger charge is 2.36. The molecule has 1 fully saturated rings. The molecule has 0 unspecified atom stereocenters. The Morgan fingerprint density at radius 2 is 1.71 bits per heavy atom. The van der Waals surface area contributed by atoms with Gasteiger partial charge in [0, 0.05) is 19.2 Å². The van der Waals surface area contributed by atoms with Crippen molar-refractivity contribution in [2.24, 2.45) is 11.5 Å². The minimum absolute atomic E-state index is 0.0956. The average Bonchev–Trinajstić information content (AvgIpc) is 3.46. The second-order valence-electron chi connectivity index (χ2n) is 9.82. The van der Waals surface area contributed by atoms with Crippen LogP contribution in [0.4, 0.5) is 0 Å². The molecule has 0 aromatic heterocycles. The minimum Gasteiger partial charge on any atom is -0.508 e. The molecule has 1 aliphatic rings. The zero-order chi connectivity index (χ0) is 29.8. The first-order chi connectivity index (χ1) is 19.7. The molecule has 0 saturated carbocycles. The summed E-state index contributed by atoms with van der Waals surface area (Å²) >= 11 is 0. The third-order valence-electron chi connectivity index (χ3n) is 6.75. The van der Waals surface area contributed by atoms with Crippen molar-refractivity contribution in [1.82, 2.24) is 20.9 Å². The van der Waals surface area contributed by atoms with Crippen molar-refractivity contribution in [2.75, 3.05) is 13.1 Å². The summed E-state index contributed by atoms with van der Waals surface area (Å²) < 4.78 is 0. The third-order valence-corrected chi connectivity index (χ3v) is 6.75. The van der Waals surface area contributed by atoms with E-state index < -0.39 is 47.8 Å². The quantitative estimate of drug-likeness (QED) is 0.128. The van der Waals surface area contributed by atoms with E-state index in [9.17, 15) is 29.1 Å². The number of nitrogens with two attached hydrogens (primary N) is 2. The van der Waals surface area contributed by atoms with Gasteiger partial charge in [-0.25, -0.2) is 0 Å². The fourth-order valence-corrected chi connectivity index (χ4v) is 4.59. The lowest BCUT2D eigenvalue weighted by atomic mass is 10.0. The van der Waals surface area contributed by atoms with Gasteiger partial charge in [-0.2, -0.15) is 0 Å². The zero-order valence-electron chi connectivity index (χ0n) is 22.6. The number of hydrogen-bond donors (Lipinski definition) is 6. The molecule has 8 N–H and O–H groups in total. The molecule has 5 amide bonds. The molecule has 12 nitrogen and oxygen atoms in total. The highest BCUT2D eigenvalue weighted by molar-refractivity contribution is 5.92. The molecule has 2 aromatic carbocycles. The van der Waals surface area contributed by atoms with Crippen molar-refractivity contribution in [3.05, 3.63) is 77.9 Å². The average molecular weight is 565 g/mol. The van der Waals surface area contributed by atoms with Crippen LogP contribution in [0, 0.1) is 0 Å². The molecule has 41 heavy (non-hydrogen) atoms. The van der Waals surface area contributed by atoms with Gasteiger partial charge in [0.2, 0.25) is 30.0 Å². The van der Waals surface area contributed by atoms with Crippen LogP contribution in [-0.2, 0) is 36.8 Å². The number of hydrogen-bond acceptors (Lipinski definition) is 7. The summed E-state index contributed by atoms with van der Waals surface area (Å²) in [5.41, 5.74) is 13.2. The number of primary amides is 1. The van der Waals surface area contributed by atoms with Gasteiger partial charge in [0.25, 0.3) is 0 Å². The molecular weight excluding hydrogens is 528 g/mol. The molecule has 218 valence electrons. The molecule has 4 atom stereocenters. The number of nitrogens with zero attached hydrogens (tertiary/aromatic N) is 1. The van der Waals surface area contributed by atoms with Crippen LogP contribution in [0.5, 0.6) is 5.75 Å². The maximum Gasteiger partial charge on any atom is 0.247 e. The van der Waals surface area contributed by atoms with Crippen LogP contribution in [0.15, 0.2) is 66.7 Å². The van der Waals surface area contributed by atoms with Gasteiger partial charge in [0.15, 0.2) is 0 Å². The SMILES string of the molecule is NC(=O)[C@@H]1CCCN1C(=O)[C@H](CNC(=O)/C=C/[C@H](Cc1ccc(O)cc1)NC(=O)[C@H](N)Cc1ccccc1)NC=O. The van der Waals surface area contributed by atoms with Gasteiger partial charge < -0.3 is 37.4 Å². The Kier molecular flexibility index (Phi) is 11.4. The second-order valence-corrected chi connectivity index (χ2v) is 9.82. The van der Waals surface area contributed by atoms with E-state index in [0.29, 0.717) is 38.6 Å². The van der Waals surface area contributed by atoms with E-state index in [1.165, 1.54) is 29.2 Å². The standard InChI is InChI=1S/C29H36N6O6/c30-23(16-19-5-2-1-3-6-19)28(40)34-21(15-20-8-11-22(37)12-9-20)10-13-26(38)32-17-24(33-18-36)29(41)35-14-4-7-25(35)27(31)39/h1-3,5-6,8-13,18,21,23-25,37H,4,7,14-17,30H2,(H2,31,39)(H,32,38)(H,33,36)(H,34,40)/b13-10+/t21-,23-,24+,25+/m1/s1. The number of nitrogens with one attached hydrogen (secondary N) is 3. The van der Waals surface area contributed by atoms with Gasteiger partial charge in [-0.3, -0.25) is 24.0 Å². The van der Waals surface area contributed by atoms with Crippen molar-refractivity contribution in [3.63, 3.8) is 0 Å². The summed E-state index contributed by atoms with van der Waals surface area (Å²) in [7, 11) is 0. The molecule has 0 radical (unpaired) electrons. The molecule has 1 heterocycles. The predicted octanol–water partition coefficient (Wildman–Crippen LogP) is -0.747. The Morgan fingerprint density at radius 1 is 1.02 bits per heavy atom. The Morgan fingerprint density at radius 3 is 2.37 bits per heavy atom. The van der Waals surface area contributed by atoms with E-state index in [1.807, 2.05) is 30.3 Å². The van der Waals surface area contributed by atoms with Crippen LogP contribution < -0.4 is 27.4 Å². The van der Waals surface area contributed by atoms with E-state index >= 15 is 0 Å². The maximum absolute atomic E-state index is 12.9. The van der Waals surface area contributed by atoms with Crippen LogP contribution in [0.1, 0.15) is 24.0 Å². The van der Waals surface area contributed by atoms with Crippen LogP contribution in [0.2, 0.25) is 0 Å². The van der Waals surface area contributed by atoms with E-state index in [-0.39, 0.29) is 12.3 Å². The first kappa shape index (κ1) is 30.8. The lowest BCUT2D eigenvalue weighted by Gasteiger charge is -2.27. The van der Waals surface area contributed by atoms with Gasteiger partial charge in [-0.1, -0.05) is 48.5 Å². The van der Waals surface area contributed by atoms with Gasteiger partial charge in [-0.05, 0) is 48.9 Å². The highest BCUT2D eigenvalue weighted by atomic mass is 16.3. The zero-order valence-corrected chi connectivity index (χ0v) is 22.6. The predicted molar refractivity (Wildman–Crippen MR) is 151 cm³/mol. The fraction of sp³-hybridized carbons (Fsp3) is 0.345. The van der Waals surface area contributed by atoms with E-state index in [2.05, 4.69) is 16.0 Å². The number of rotatable bonds is 14. The molecule has 2 aromatic rings. The molecule has 0 aliphatic carbocycles. The van der Waals surface area contributed by atoms with Crippen molar-refractivity contribution >= 4 is 30.0 Å². The lowest BCUT2D eigenvalue weighted by Crippen LogP contribution is -2.55. The summed E-state index contributed by atoms with van der Waals surface area (Å²) in [4.78, 5) is 62.6. The van der Waals surface area contributed by atoms with Crippen molar-refractivity contribution in [1.29, 1.82) is 0 Å². The van der Waals surface area contributed by atoms with E-state index in [1.54, 1.807) is 12.1 Å². The lowest BCUT2D eigenvalue weighted by molar-refractivity contribution is -0.139. The normalized spacial score (nSPS) is 16.9. The van der Waals surface area contributed by atoms with E-state index in [0.717, 1.165) is 11.1 Å². The molecular formula is C29H36N6O6. The fourth-order valence-electron chi connectivity index (χ4n) is 4.59. The van der Waals surface area contributed by atoms with Gasteiger partial charge in [0.05, 0.1) is 12.1 Å². The Labute approximate surface area is 238 Å². The Balaban J connectivity index is 1.64. The van der Waals surface area contributed by atoms with Crippen LogP contribution >= 0.6 is 0 Å². The molecule has 1 saturated heterocycles. The van der Waals surface area contributed by atoms with Gasteiger partial charge in [-0.15, -0.1) is 0 Å². The number of amides is 5. The third kappa shape index (κ3) is 9.46. The van der Waals surface area contributed by atoms with Crippen LogP contribution in [0.25, 0.3) is 0 Å². The van der Waals surface area contributed by atoms with Crippen LogP contribution in [0.3, 0.4) is 0 Å². The number of carbonyl (C=O) groups is 5. The maximum atomic E-state index is 12.9. The number of aromatic hydroxyl groups is 1. The second kappa shape index (κ2) is 15.2. The number of phenols is 1. The summed E-state index contributed by atoms with van der Waals surface area (Å²) in [6.07, 6.45) is 4.75. The topological polar surface area (TPSA) is 197 Å². The smallest absolute Gasteiger partial charge is 0.247 e. The number of phenolic OH excluding ortho intramolecular Hbond substituents is 1. The van der Waals surface area contributed by atoms with Crippen molar-refractivity contribution in [2.45, 2.75) is 49.9 Å². The summed E-state index contributed by atoms with van der Waals surface area (Å²) in [6, 6.07) is 12.5. The molecule has 0 bridgehead atoms. The van der Waals surface area contributed by atoms with Crippen molar-refractivity contribution in [3.8, 4) is 5.75 Å².